The van der Waals surface area contributed by atoms with Gasteiger partial charge in [-0.25, -0.2) is 4.98 Å². The van der Waals surface area contributed by atoms with Crippen molar-refractivity contribution < 1.29 is 14.0 Å². The van der Waals surface area contributed by atoms with Crippen LogP contribution in [0.2, 0.25) is 0 Å². The highest BCUT2D eigenvalue weighted by atomic mass is 16.3. The van der Waals surface area contributed by atoms with Gasteiger partial charge in [-0.2, -0.15) is 0 Å². The monoisotopic (exact) mass is 262 g/mol. The van der Waals surface area contributed by atoms with E-state index < -0.39 is 0 Å². The highest BCUT2D eigenvalue weighted by Gasteiger charge is 2.07. The molecule has 4 N–H and O–H groups in total. The molecule has 2 amide bonds. The zero-order valence-corrected chi connectivity index (χ0v) is 10.4. The van der Waals surface area contributed by atoms with Gasteiger partial charge in [-0.1, -0.05) is 0 Å². The molecule has 7 nitrogen and oxygen atoms in total. The van der Waals surface area contributed by atoms with E-state index in [-0.39, 0.29) is 24.9 Å². The Kier molecular flexibility index (Phi) is 3.76. The fourth-order valence-electron chi connectivity index (χ4n) is 1.58. The van der Waals surface area contributed by atoms with Gasteiger partial charge in [0.1, 0.15) is 5.52 Å². The minimum Gasteiger partial charge on any atom is -0.441 e. The molecule has 0 saturated heterocycles. The molecule has 0 unspecified atom stereocenters. The molecule has 0 saturated carbocycles. The lowest BCUT2D eigenvalue weighted by Crippen LogP contribution is -2.36. The summed E-state index contributed by atoms with van der Waals surface area (Å²) >= 11 is 0. The molecule has 0 aliphatic rings. The minimum atomic E-state index is -0.377. The lowest BCUT2D eigenvalue weighted by molar-refractivity contribution is -0.123. The van der Waals surface area contributed by atoms with Crippen LogP contribution in [0.15, 0.2) is 22.6 Å². The second-order valence-corrected chi connectivity index (χ2v) is 3.94. The molecule has 2 rings (SSSR count). The van der Waals surface area contributed by atoms with Crippen molar-refractivity contribution in [1.29, 1.82) is 0 Å². The molecule has 0 radical (unpaired) electrons. The second kappa shape index (κ2) is 5.49. The zero-order valence-electron chi connectivity index (χ0n) is 10.4. The van der Waals surface area contributed by atoms with E-state index in [0.29, 0.717) is 22.7 Å². The zero-order chi connectivity index (χ0) is 13.8. The van der Waals surface area contributed by atoms with Crippen LogP contribution >= 0.6 is 0 Å². The fourth-order valence-corrected chi connectivity index (χ4v) is 1.58. The predicted molar refractivity (Wildman–Crippen MR) is 69.4 cm³/mol. The van der Waals surface area contributed by atoms with Crippen LogP contribution in [0.25, 0.3) is 11.1 Å². The number of benzene rings is 1. The summed E-state index contributed by atoms with van der Waals surface area (Å²) in [7, 11) is 0. The predicted octanol–water partition coefficient (Wildman–Crippen LogP) is 0.150. The molecule has 0 atom stereocenters. The average Bonchev–Trinajstić information content (AvgIpc) is 2.75. The van der Waals surface area contributed by atoms with Crippen LogP contribution < -0.4 is 16.4 Å². The maximum absolute atomic E-state index is 11.6. The van der Waals surface area contributed by atoms with Crippen molar-refractivity contribution in [1.82, 2.24) is 10.3 Å². The standard InChI is InChI=1S/C12H14N4O3/c1-7-15-9-4-8(2-3-10(9)19-7)16-12(18)6-14-11(17)5-13/h2-4H,5-6,13H2,1H3,(H,14,17)(H,16,18). The van der Waals surface area contributed by atoms with E-state index in [0.717, 1.165) is 0 Å². The third-order valence-electron chi connectivity index (χ3n) is 2.41. The van der Waals surface area contributed by atoms with Crippen molar-refractivity contribution in [3.63, 3.8) is 0 Å². The number of amides is 2. The van der Waals surface area contributed by atoms with Gasteiger partial charge in [0.15, 0.2) is 11.5 Å². The van der Waals surface area contributed by atoms with Crippen molar-refractivity contribution in [2.75, 3.05) is 18.4 Å². The Hall–Kier alpha value is -2.41. The third kappa shape index (κ3) is 3.29. The van der Waals surface area contributed by atoms with Crippen LogP contribution in [-0.2, 0) is 9.59 Å². The normalized spacial score (nSPS) is 10.4. The molecular formula is C12H14N4O3. The molecule has 0 aliphatic heterocycles. The van der Waals surface area contributed by atoms with Gasteiger partial charge in [0, 0.05) is 12.6 Å². The lowest BCUT2D eigenvalue weighted by atomic mass is 10.3. The number of aromatic nitrogens is 1. The molecule has 7 heteroatoms. The van der Waals surface area contributed by atoms with Gasteiger partial charge >= 0.3 is 0 Å². The number of hydrogen-bond acceptors (Lipinski definition) is 5. The third-order valence-corrected chi connectivity index (χ3v) is 2.41. The van der Waals surface area contributed by atoms with Gasteiger partial charge in [0.25, 0.3) is 0 Å². The number of rotatable bonds is 4. The first-order valence-corrected chi connectivity index (χ1v) is 5.72. The number of anilines is 1. The molecule has 0 aliphatic carbocycles. The van der Waals surface area contributed by atoms with Gasteiger partial charge in [-0.3, -0.25) is 9.59 Å². The van der Waals surface area contributed by atoms with Crippen LogP contribution in [0.5, 0.6) is 0 Å². The largest absolute Gasteiger partial charge is 0.441 e. The number of nitrogens with one attached hydrogen (secondary N) is 2. The number of fused-ring (bicyclic) bond motifs is 1. The molecule has 1 heterocycles. The van der Waals surface area contributed by atoms with E-state index in [9.17, 15) is 9.59 Å². The van der Waals surface area contributed by atoms with Crippen molar-refractivity contribution in [2.24, 2.45) is 5.73 Å². The number of carbonyl (C=O) groups is 2. The Bertz CT molecular complexity index is 620. The van der Waals surface area contributed by atoms with E-state index in [1.165, 1.54) is 0 Å². The van der Waals surface area contributed by atoms with Gasteiger partial charge < -0.3 is 20.8 Å². The van der Waals surface area contributed by atoms with E-state index in [2.05, 4.69) is 15.6 Å². The van der Waals surface area contributed by atoms with E-state index in [1.807, 2.05) is 0 Å². The number of carbonyl (C=O) groups excluding carboxylic acids is 2. The number of nitrogens with two attached hydrogens (primary N) is 1. The maximum Gasteiger partial charge on any atom is 0.243 e. The first kappa shape index (κ1) is 13.0. The molecule has 0 spiro atoms. The summed E-state index contributed by atoms with van der Waals surface area (Å²) in [6.07, 6.45) is 0. The van der Waals surface area contributed by atoms with Gasteiger partial charge in [0.05, 0.1) is 13.1 Å². The van der Waals surface area contributed by atoms with Crippen molar-refractivity contribution >= 4 is 28.6 Å². The summed E-state index contributed by atoms with van der Waals surface area (Å²) in [4.78, 5) is 26.6. The molecule has 1 aromatic carbocycles. The van der Waals surface area contributed by atoms with Crippen LogP contribution in [0.4, 0.5) is 5.69 Å². The summed E-state index contributed by atoms with van der Waals surface area (Å²) in [5.74, 6) is -0.146. The molecule has 100 valence electrons. The van der Waals surface area contributed by atoms with Crippen LogP contribution in [0, 0.1) is 6.92 Å². The first-order valence-electron chi connectivity index (χ1n) is 5.72. The van der Waals surface area contributed by atoms with Gasteiger partial charge in [-0.05, 0) is 18.2 Å². The van der Waals surface area contributed by atoms with Crippen LogP contribution in [-0.4, -0.2) is 29.9 Å². The molecular weight excluding hydrogens is 248 g/mol. The Morgan fingerprint density at radius 1 is 1.37 bits per heavy atom. The number of nitrogens with zero attached hydrogens (tertiary/aromatic N) is 1. The number of hydrogen-bond donors (Lipinski definition) is 3. The molecule has 1 aromatic heterocycles. The Balaban J connectivity index is 2.00. The summed E-state index contributed by atoms with van der Waals surface area (Å²) in [6, 6.07) is 5.13. The molecule has 19 heavy (non-hydrogen) atoms. The summed E-state index contributed by atoms with van der Waals surface area (Å²) in [6.45, 7) is 1.49. The minimum absolute atomic E-state index is 0.119. The highest BCUT2D eigenvalue weighted by molar-refractivity contribution is 5.96. The Morgan fingerprint density at radius 2 is 2.16 bits per heavy atom. The smallest absolute Gasteiger partial charge is 0.243 e. The first-order chi connectivity index (χ1) is 9.08. The maximum atomic E-state index is 11.6. The summed E-state index contributed by atoms with van der Waals surface area (Å²) in [5, 5.41) is 5.03. The van der Waals surface area contributed by atoms with Crippen molar-refractivity contribution in [3.05, 3.63) is 24.1 Å². The SMILES string of the molecule is Cc1nc2cc(NC(=O)CNC(=O)CN)ccc2o1. The number of aryl methyl sites for hydroxylation is 1. The van der Waals surface area contributed by atoms with E-state index >= 15 is 0 Å². The van der Waals surface area contributed by atoms with Gasteiger partial charge in [0.2, 0.25) is 11.8 Å². The fraction of sp³-hybridized carbons (Fsp3) is 0.250. The molecule has 0 fully saturated rings. The molecule has 0 bridgehead atoms. The van der Waals surface area contributed by atoms with Gasteiger partial charge in [-0.15, -0.1) is 0 Å². The van der Waals surface area contributed by atoms with E-state index in [1.54, 1.807) is 25.1 Å². The second-order valence-electron chi connectivity index (χ2n) is 3.94. The molecule has 2 aromatic rings. The van der Waals surface area contributed by atoms with Crippen molar-refractivity contribution in [2.45, 2.75) is 6.92 Å². The highest BCUT2D eigenvalue weighted by Crippen LogP contribution is 2.19. The average molecular weight is 262 g/mol. The topological polar surface area (TPSA) is 110 Å². The van der Waals surface area contributed by atoms with Crippen LogP contribution in [0.3, 0.4) is 0 Å². The quantitative estimate of drug-likeness (QED) is 0.726. The number of oxazole rings is 1. The van der Waals surface area contributed by atoms with E-state index in [4.69, 9.17) is 10.2 Å². The van der Waals surface area contributed by atoms with Crippen molar-refractivity contribution in [3.8, 4) is 0 Å². The van der Waals surface area contributed by atoms with Crippen LogP contribution in [0.1, 0.15) is 5.89 Å². The lowest BCUT2D eigenvalue weighted by Gasteiger charge is -2.05. The Labute approximate surface area is 109 Å². The summed E-state index contributed by atoms with van der Waals surface area (Å²) in [5.41, 5.74) is 7.03. The summed E-state index contributed by atoms with van der Waals surface area (Å²) < 4.78 is 5.33. The Morgan fingerprint density at radius 3 is 2.89 bits per heavy atom.